The second-order valence-electron chi connectivity index (χ2n) is 3.28. The first-order valence-corrected chi connectivity index (χ1v) is 6.22. The standard InChI is InChI=1S/C10H14ClFN2S/c1-6(15-2)5-14-10-3-7(11)8(12)4-9(10)13/h3-4,6,14H,5,13H2,1-2H3. The minimum Gasteiger partial charge on any atom is -0.397 e. The van der Waals surface area contributed by atoms with E-state index in [-0.39, 0.29) is 5.02 Å². The van der Waals surface area contributed by atoms with E-state index in [9.17, 15) is 4.39 Å². The molecule has 1 unspecified atom stereocenters. The summed E-state index contributed by atoms with van der Waals surface area (Å²) in [5.41, 5.74) is 6.71. The van der Waals surface area contributed by atoms with Crippen LogP contribution in [0.4, 0.5) is 15.8 Å². The van der Waals surface area contributed by atoms with Crippen LogP contribution in [0.1, 0.15) is 6.92 Å². The van der Waals surface area contributed by atoms with Gasteiger partial charge in [0.25, 0.3) is 0 Å². The normalized spacial score (nSPS) is 12.5. The third-order valence-electron chi connectivity index (χ3n) is 2.07. The molecule has 0 aliphatic rings. The Balaban J connectivity index is 2.73. The molecule has 0 aromatic heterocycles. The number of hydrogen-bond donors (Lipinski definition) is 2. The molecule has 0 aliphatic heterocycles. The van der Waals surface area contributed by atoms with Gasteiger partial charge in [-0.3, -0.25) is 0 Å². The largest absolute Gasteiger partial charge is 0.397 e. The molecule has 0 bridgehead atoms. The van der Waals surface area contributed by atoms with Crippen molar-refractivity contribution >= 4 is 34.7 Å². The predicted molar refractivity (Wildman–Crippen MR) is 67.3 cm³/mol. The summed E-state index contributed by atoms with van der Waals surface area (Å²) in [5.74, 6) is -0.488. The van der Waals surface area contributed by atoms with E-state index in [0.29, 0.717) is 16.6 Å². The number of hydrogen-bond acceptors (Lipinski definition) is 3. The average Bonchev–Trinajstić information content (AvgIpc) is 2.21. The summed E-state index contributed by atoms with van der Waals surface area (Å²) < 4.78 is 13.0. The number of halogens is 2. The molecule has 0 radical (unpaired) electrons. The Kier molecular flexibility index (Phi) is 4.54. The molecule has 3 N–H and O–H groups in total. The van der Waals surface area contributed by atoms with Crippen molar-refractivity contribution in [3.63, 3.8) is 0 Å². The highest BCUT2D eigenvalue weighted by atomic mass is 35.5. The third kappa shape index (κ3) is 3.47. The Morgan fingerprint density at radius 2 is 2.27 bits per heavy atom. The van der Waals surface area contributed by atoms with Gasteiger partial charge in [-0.25, -0.2) is 4.39 Å². The van der Waals surface area contributed by atoms with E-state index in [1.54, 1.807) is 11.8 Å². The van der Waals surface area contributed by atoms with Gasteiger partial charge < -0.3 is 11.1 Å². The van der Waals surface area contributed by atoms with E-state index in [1.165, 1.54) is 12.1 Å². The lowest BCUT2D eigenvalue weighted by atomic mass is 10.2. The predicted octanol–water partition coefficient (Wildman–Crippen LogP) is 3.22. The molecule has 0 saturated carbocycles. The zero-order valence-corrected chi connectivity index (χ0v) is 10.3. The number of benzene rings is 1. The van der Waals surface area contributed by atoms with Gasteiger partial charge in [0.15, 0.2) is 0 Å². The fraction of sp³-hybridized carbons (Fsp3) is 0.400. The fourth-order valence-corrected chi connectivity index (χ4v) is 1.47. The first-order valence-electron chi connectivity index (χ1n) is 4.55. The summed E-state index contributed by atoms with van der Waals surface area (Å²) in [5, 5.41) is 3.69. The molecule has 5 heteroatoms. The zero-order valence-electron chi connectivity index (χ0n) is 8.68. The molecule has 0 amide bonds. The maximum Gasteiger partial charge on any atom is 0.143 e. The Bertz CT molecular complexity index is 346. The Morgan fingerprint density at radius 1 is 1.60 bits per heavy atom. The van der Waals surface area contributed by atoms with Crippen LogP contribution < -0.4 is 11.1 Å². The summed E-state index contributed by atoms with van der Waals surface area (Å²) in [6.07, 6.45) is 2.04. The summed E-state index contributed by atoms with van der Waals surface area (Å²) >= 11 is 7.41. The maximum absolute atomic E-state index is 13.0. The van der Waals surface area contributed by atoms with E-state index >= 15 is 0 Å². The molecule has 1 aromatic carbocycles. The number of nitrogen functional groups attached to an aromatic ring is 1. The molecule has 0 spiro atoms. The van der Waals surface area contributed by atoms with Gasteiger partial charge >= 0.3 is 0 Å². The van der Waals surface area contributed by atoms with Crippen molar-refractivity contribution in [2.45, 2.75) is 12.2 Å². The molecule has 1 atom stereocenters. The second kappa shape index (κ2) is 5.47. The highest BCUT2D eigenvalue weighted by Crippen LogP contribution is 2.26. The SMILES string of the molecule is CSC(C)CNc1cc(Cl)c(F)cc1N. The summed E-state index contributed by atoms with van der Waals surface area (Å²) in [7, 11) is 0. The van der Waals surface area contributed by atoms with Gasteiger partial charge in [0.05, 0.1) is 16.4 Å². The zero-order chi connectivity index (χ0) is 11.4. The van der Waals surface area contributed by atoms with E-state index in [2.05, 4.69) is 12.2 Å². The van der Waals surface area contributed by atoms with Gasteiger partial charge in [-0.05, 0) is 12.3 Å². The molecule has 84 valence electrons. The molecule has 0 aliphatic carbocycles. The minimum atomic E-state index is -0.488. The van der Waals surface area contributed by atoms with Crippen molar-refractivity contribution in [3.05, 3.63) is 23.0 Å². The van der Waals surface area contributed by atoms with Crippen LogP contribution >= 0.6 is 23.4 Å². The lowest BCUT2D eigenvalue weighted by molar-refractivity contribution is 0.629. The van der Waals surface area contributed by atoms with Crippen molar-refractivity contribution in [3.8, 4) is 0 Å². The van der Waals surface area contributed by atoms with Gasteiger partial charge in [-0.2, -0.15) is 11.8 Å². The quantitative estimate of drug-likeness (QED) is 0.804. The number of nitrogens with two attached hydrogens (primary N) is 1. The van der Waals surface area contributed by atoms with Crippen LogP contribution in [0, 0.1) is 5.82 Å². The lowest BCUT2D eigenvalue weighted by Crippen LogP contribution is -2.13. The van der Waals surface area contributed by atoms with Crippen LogP contribution in [0.25, 0.3) is 0 Å². The Labute approximate surface area is 98.4 Å². The van der Waals surface area contributed by atoms with Crippen molar-refractivity contribution in [2.24, 2.45) is 0 Å². The lowest BCUT2D eigenvalue weighted by Gasteiger charge is -2.13. The summed E-state index contributed by atoms with van der Waals surface area (Å²) in [6, 6.07) is 2.74. The molecule has 0 heterocycles. The van der Waals surface area contributed by atoms with Crippen molar-refractivity contribution in [2.75, 3.05) is 23.9 Å². The third-order valence-corrected chi connectivity index (χ3v) is 3.34. The monoisotopic (exact) mass is 248 g/mol. The summed E-state index contributed by atoms with van der Waals surface area (Å²) in [4.78, 5) is 0. The molecule has 1 rings (SSSR count). The highest BCUT2D eigenvalue weighted by Gasteiger charge is 2.07. The fourth-order valence-electron chi connectivity index (χ4n) is 1.05. The molecule has 1 aromatic rings. The number of nitrogens with one attached hydrogen (secondary N) is 1. The topological polar surface area (TPSA) is 38.0 Å². The van der Waals surface area contributed by atoms with Crippen LogP contribution in [0.5, 0.6) is 0 Å². The summed E-state index contributed by atoms with van der Waals surface area (Å²) in [6.45, 7) is 2.87. The van der Waals surface area contributed by atoms with Crippen molar-refractivity contribution in [1.29, 1.82) is 0 Å². The molecule has 0 saturated heterocycles. The van der Waals surface area contributed by atoms with Crippen LogP contribution in [0.3, 0.4) is 0 Å². The molecule has 0 fully saturated rings. The average molecular weight is 249 g/mol. The van der Waals surface area contributed by atoms with E-state index < -0.39 is 5.82 Å². The van der Waals surface area contributed by atoms with Crippen LogP contribution in [0.2, 0.25) is 5.02 Å². The van der Waals surface area contributed by atoms with Gasteiger partial charge in [-0.15, -0.1) is 0 Å². The first kappa shape index (κ1) is 12.5. The molecule has 15 heavy (non-hydrogen) atoms. The van der Waals surface area contributed by atoms with Gasteiger partial charge in [-0.1, -0.05) is 18.5 Å². The van der Waals surface area contributed by atoms with Crippen LogP contribution in [-0.2, 0) is 0 Å². The van der Waals surface area contributed by atoms with E-state index in [4.69, 9.17) is 17.3 Å². The minimum absolute atomic E-state index is 0.0866. The molecular weight excluding hydrogens is 235 g/mol. The number of thioether (sulfide) groups is 1. The van der Waals surface area contributed by atoms with Gasteiger partial charge in [0.2, 0.25) is 0 Å². The highest BCUT2D eigenvalue weighted by molar-refractivity contribution is 7.99. The smallest absolute Gasteiger partial charge is 0.143 e. The second-order valence-corrected chi connectivity index (χ2v) is 4.96. The van der Waals surface area contributed by atoms with Crippen molar-refractivity contribution < 1.29 is 4.39 Å². The van der Waals surface area contributed by atoms with Crippen LogP contribution in [0.15, 0.2) is 12.1 Å². The van der Waals surface area contributed by atoms with Crippen LogP contribution in [-0.4, -0.2) is 18.1 Å². The van der Waals surface area contributed by atoms with Crippen molar-refractivity contribution in [1.82, 2.24) is 0 Å². The first-order chi connectivity index (χ1) is 7.04. The number of anilines is 2. The molecule has 2 nitrogen and oxygen atoms in total. The maximum atomic E-state index is 13.0. The van der Waals surface area contributed by atoms with E-state index in [1.807, 2.05) is 6.26 Å². The Hall–Kier alpha value is -0.610. The van der Waals surface area contributed by atoms with E-state index in [0.717, 1.165) is 6.54 Å². The van der Waals surface area contributed by atoms with Gasteiger partial charge in [0, 0.05) is 17.9 Å². The van der Waals surface area contributed by atoms with Gasteiger partial charge in [0.1, 0.15) is 5.82 Å². The number of rotatable bonds is 4. The molecular formula is C10H14ClFN2S. The Morgan fingerprint density at radius 3 is 2.87 bits per heavy atom.